The number of hydrogen-bond donors (Lipinski definition) is 0. The highest BCUT2D eigenvalue weighted by molar-refractivity contribution is 5.33. The third-order valence-corrected chi connectivity index (χ3v) is 6.61. The fourth-order valence-electron chi connectivity index (χ4n) is 4.62. The first kappa shape index (κ1) is 26.4. The van der Waals surface area contributed by atoms with Crippen LogP contribution in [0.15, 0.2) is 36.4 Å². The van der Waals surface area contributed by atoms with Crippen LogP contribution in [0.4, 0.5) is 30.7 Å². The maximum absolute atomic E-state index is 14.5. The minimum atomic E-state index is -5.29. The summed E-state index contributed by atoms with van der Waals surface area (Å²) in [4.78, 5) is 0. The highest BCUT2D eigenvalue weighted by Gasteiger charge is 2.40. The topological polar surface area (TPSA) is 9.23 Å². The number of hydrogen-bond acceptors (Lipinski definition) is 1. The number of aryl methyl sites for hydroxylation is 1. The Labute approximate surface area is 195 Å². The molecule has 0 heterocycles. The lowest BCUT2D eigenvalue weighted by Crippen LogP contribution is -2.22. The molecule has 2 aromatic rings. The minimum absolute atomic E-state index is 0.102. The van der Waals surface area contributed by atoms with Crippen LogP contribution in [0.3, 0.4) is 0 Å². The molecule has 0 aliphatic heterocycles. The van der Waals surface area contributed by atoms with Crippen molar-refractivity contribution >= 4 is 0 Å². The third-order valence-electron chi connectivity index (χ3n) is 6.61. The van der Waals surface area contributed by atoms with Gasteiger partial charge in [-0.1, -0.05) is 64.0 Å². The predicted molar refractivity (Wildman–Crippen MR) is 116 cm³/mol. The minimum Gasteiger partial charge on any atom is -0.429 e. The van der Waals surface area contributed by atoms with Gasteiger partial charge in [0.05, 0.1) is 5.56 Å². The van der Waals surface area contributed by atoms with Crippen LogP contribution in [0.5, 0.6) is 5.75 Å². The van der Waals surface area contributed by atoms with E-state index in [1.54, 1.807) is 12.1 Å². The summed E-state index contributed by atoms with van der Waals surface area (Å²) in [6.07, 6.45) is 1.15. The van der Waals surface area contributed by atoms with Gasteiger partial charge < -0.3 is 4.74 Å². The van der Waals surface area contributed by atoms with Gasteiger partial charge in [-0.3, -0.25) is 0 Å². The van der Waals surface area contributed by atoms with E-state index >= 15 is 0 Å². The maximum Gasteiger partial charge on any atom is 0.426 e. The molecule has 3 rings (SSSR count). The van der Waals surface area contributed by atoms with Crippen LogP contribution in [0.2, 0.25) is 0 Å². The Balaban J connectivity index is 1.57. The zero-order chi connectivity index (χ0) is 24.9. The fraction of sp³-hybridized carbons (Fsp3) is 0.538. The summed E-state index contributed by atoms with van der Waals surface area (Å²) in [5.41, 5.74) is -1.82. The first-order chi connectivity index (χ1) is 16.0. The van der Waals surface area contributed by atoms with Crippen LogP contribution in [-0.4, -0.2) is 0 Å². The van der Waals surface area contributed by atoms with Crippen molar-refractivity contribution in [3.05, 3.63) is 64.7 Å². The van der Waals surface area contributed by atoms with Crippen molar-refractivity contribution in [2.75, 3.05) is 0 Å². The molecule has 0 radical (unpaired) electrons. The molecule has 188 valence electrons. The standard InChI is InChI=1S/C26H29F7O/c1-2-3-4-17-5-7-18(8-6-17)9-10-19-11-13-20(14-12-19)26(32,33)34-21-15-22(27)24(23(28)16-21)25(29,30)31/h11-18H,2-10H2,1H3. The summed E-state index contributed by atoms with van der Waals surface area (Å²) >= 11 is 0. The molecule has 1 aliphatic rings. The largest absolute Gasteiger partial charge is 0.429 e. The van der Waals surface area contributed by atoms with Crippen molar-refractivity contribution in [2.45, 2.75) is 77.0 Å². The molecule has 0 saturated heterocycles. The third kappa shape index (κ3) is 6.89. The molecule has 2 aromatic carbocycles. The molecule has 1 saturated carbocycles. The van der Waals surface area contributed by atoms with Crippen LogP contribution in [0.25, 0.3) is 0 Å². The van der Waals surface area contributed by atoms with E-state index in [2.05, 4.69) is 11.7 Å². The second-order valence-corrected chi connectivity index (χ2v) is 9.14. The summed E-state index contributed by atoms with van der Waals surface area (Å²) in [5, 5.41) is 0. The van der Waals surface area contributed by atoms with Gasteiger partial charge in [-0.15, -0.1) is 0 Å². The molecule has 0 unspecified atom stereocenters. The summed E-state index contributed by atoms with van der Waals surface area (Å²) in [6, 6.07) is 5.62. The summed E-state index contributed by atoms with van der Waals surface area (Å²) in [7, 11) is 0. The van der Waals surface area contributed by atoms with Crippen molar-refractivity contribution in [1.82, 2.24) is 0 Å². The highest BCUT2D eigenvalue weighted by Crippen LogP contribution is 2.38. The lowest BCUT2D eigenvalue weighted by Gasteiger charge is -2.28. The predicted octanol–water partition coefficient (Wildman–Crippen LogP) is 9.04. The van der Waals surface area contributed by atoms with Gasteiger partial charge in [-0.25, -0.2) is 8.78 Å². The second-order valence-electron chi connectivity index (χ2n) is 9.14. The number of benzene rings is 2. The Bertz CT molecular complexity index is 906. The summed E-state index contributed by atoms with van der Waals surface area (Å²) < 4.78 is 98.6. The van der Waals surface area contributed by atoms with Gasteiger partial charge in [0, 0.05) is 12.1 Å². The number of ether oxygens (including phenoxy) is 1. The van der Waals surface area contributed by atoms with Crippen LogP contribution in [-0.2, 0) is 18.7 Å². The molecule has 0 bridgehead atoms. The molecule has 0 atom stereocenters. The molecule has 0 aromatic heterocycles. The van der Waals surface area contributed by atoms with Gasteiger partial charge in [0.15, 0.2) is 0 Å². The van der Waals surface area contributed by atoms with Crippen molar-refractivity contribution in [2.24, 2.45) is 11.8 Å². The van der Waals surface area contributed by atoms with E-state index in [1.165, 1.54) is 44.9 Å². The first-order valence-corrected chi connectivity index (χ1v) is 11.7. The van der Waals surface area contributed by atoms with Crippen LogP contribution >= 0.6 is 0 Å². The van der Waals surface area contributed by atoms with Gasteiger partial charge in [-0.2, -0.15) is 22.0 Å². The average molecular weight is 491 g/mol. The fourth-order valence-corrected chi connectivity index (χ4v) is 4.62. The Hall–Kier alpha value is -2.25. The maximum atomic E-state index is 14.5. The van der Waals surface area contributed by atoms with E-state index in [0.717, 1.165) is 36.5 Å². The zero-order valence-corrected chi connectivity index (χ0v) is 19.0. The first-order valence-electron chi connectivity index (χ1n) is 11.7. The number of halogens is 7. The lowest BCUT2D eigenvalue weighted by atomic mass is 9.78. The Morgan fingerprint density at radius 1 is 0.824 bits per heavy atom. The quantitative estimate of drug-likeness (QED) is 0.319. The lowest BCUT2D eigenvalue weighted by molar-refractivity contribution is -0.185. The number of unbranched alkanes of at least 4 members (excludes halogenated alkanes) is 1. The molecule has 0 N–H and O–H groups in total. The molecule has 34 heavy (non-hydrogen) atoms. The monoisotopic (exact) mass is 490 g/mol. The van der Waals surface area contributed by atoms with E-state index in [4.69, 9.17) is 0 Å². The van der Waals surface area contributed by atoms with Crippen LogP contribution in [0.1, 0.15) is 75.0 Å². The van der Waals surface area contributed by atoms with Gasteiger partial charge in [-0.05, 0) is 42.4 Å². The van der Waals surface area contributed by atoms with Crippen molar-refractivity contribution < 1.29 is 35.5 Å². The summed E-state index contributed by atoms with van der Waals surface area (Å²) in [6.45, 7) is 2.20. The molecule has 1 fully saturated rings. The molecule has 8 heteroatoms. The highest BCUT2D eigenvalue weighted by atomic mass is 19.4. The van der Waals surface area contributed by atoms with E-state index in [-0.39, 0.29) is 12.1 Å². The molecular formula is C26H29F7O. The number of rotatable bonds is 9. The molecule has 0 spiro atoms. The van der Waals surface area contributed by atoms with Gasteiger partial charge in [0.2, 0.25) is 0 Å². The van der Waals surface area contributed by atoms with Crippen molar-refractivity contribution in [3.63, 3.8) is 0 Å². The van der Waals surface area contributed by atoms with E-state index in [1.807, 2.05) is 0 Å². The average Bonchev–Trinajstić information content (AvgIpc) is 2.75. The molecule has 1 nitrogen and oxygen atoms in total. The SMILES string of the molecule is CCCCC1CCC(CCc2ccc(C(F)(F)Oc3cc(F)c(C(F)(F)F)c(F)c3)cc2)CC1. The zero-order valence-electron chi connectivity index (χ0n) is 19.0. The Morgan fingerprint density at radius 3 is 1.85 bits per heavy atom. The second kappa shape index (κ2) is 11.0. The van der Waals surface area contributed by atoms with Gasteiger partial charge in [0.25, 0.3) is 0 Å². The van der Waals surface area contributed by atoms with Crippen molar-refractivity contribution in [1.29, 1.82) is 0 Å². The van der Waals surface area contributed by atoms with Crippen LogP contribution < -0.4 is 4.74 Å². The van der Waals surface area contributed by atoms with Gasteiger partial charge >= 0.3 is 12.3 Å². The van der Waals surface area contributed by atoms with Crippen molar-refractivity contribution in [3.8, 4) is 5.75 Å². The molecule has 0 amide bonds. The van der Waals surface area contributed by atoms with Gasteiger partial charge in [0.1, 0.15) is 22.9 Å². The normalized spacial score (nSPS) is 19.3. The Kier molecular flexibility index (Phi) is 8.52. The van der Waals surface area contributed by atoms with E-state index < -0.39 is 40.8 Å². The number of alkyl halides is 5. The van der Waals surface area contributed by atoms with E-state index in [0.29, 0.717) is 5.92 Å². The van der Waals surface area contributed by atoms with E-state index in [9.17, 15) is 30.7 Å². The Morgan fingerprint density at radius 2 is 1.35 bits per heavy atom. The smallest absolute Gasteiger partial charge is 0.426 e. The molecule has 1 aliphatic carbocycles. The van der Waals surface area contributed by atoms with Crippen LogP contribution in [0, 0.1) is 23.5 Å². The summed E-state index contributed by atoms with van der Waals surface area (Å²) in [5.74, 6) is -3.62. The molecular weight excluding hydrogens is 461 g/mol.